The lowest BCUT2D eigenvalue weighted by molar-refractivity contribution is 0.0672. The van der Waals surface area contributed by atoms with Gasteiger partial charge < -0.3 is 4.74 Å². The highest BCUT2D eigenvalue weighted by Crippen LogP contribution is 2.29. The molecule has 7 heteroatoms. The molecule has 0 radical (unpaired) electrons. The minimum Gasteiger partial charge on any atom is -0.381 e. The highest BCUT2D eigenvalue weighted by molar-refractivity contribution is 9.10. The number of ether oxygens (including phenoxy) is 1. The van der Waals surface area contributed by atoms with E-state index in [1.807, 2.05) is 41.2 Å². The zero-order valence-electron chi connectivity index (χ0n) is 16.3. The van der Waals surface area contributed by atoms with Gasteiger partial charge in [0.2, 0.25) is 0 Å². The van der Waals surface area contributed by atoms with E-state index in [9.17, 15) is 0 Å². The average Bonchev–Trinajstić information content (AvgIpc) is 3.39. The van der Waals surface area contributed by atoms with Gasteiger partial charge in [-0.2, -0.15) is 10.2 Å². The van der Waals surface area contributed by atoms with E-state index in [1.165, 1.54) is 0 Å². The molecule has 3 aromatic heterocycles. The van der Waals surface area contributed by atoms with E-state index in [0.29, 0.717) is 6.04 Å². The maximum atomic E-state index is 5.55. The van der Waals surface area contributed by atoms with Gasteiger partial charge in [-0.3, -0.25) is 0 Å². The Labute approximate surface area is 177 Å². The Kier molecular flexibility index (Phi) is 4.93. The van der Waals surface area contributed by atoms with Crippen molar-refractivity contribution in [3.8, 4) is 17.1 Å². The van der Waals surface area contributed by atoms with Gasteiger partial charge in [-0.25, -0.2) is 14.3 Å². The van der Waals surface area contributed by atoms with Crippen molar-refractivity contribution in [3.05, 3.63) is 58.8 Å². The minimum absolute atomic E-state index is 0.339. The van der Waals surface area contributed by atoms with Gasteiger partial charge in [0.05, 0.1) is 35.0 Å². The third-order valence-corrected chi connectivity index (χ3v) is 6.01. The first-order valence-electron chi connectivity index (χ1n) is 10.0. The fourth-order valence-corrected chi connectivity index (χ4v) is 4.22. The summed E-state index contributed by atoms with van der Waals surface area (Å²) < 4.78 is 10.6. The van der Waals surface area contributed by atoms with Crippen LogP contribution < -0.4 is 0 Å². The van der Waals surface area contributed by atoms with Gasteiger partial charge in [0.25, 0.3) is 0 Å². The second-order valence-corrected chi connectivity index (χ2v) is 8.18. The quantitative estimate of drug-likeness (QED) is 0.439. The van der Waals surface area contributed by atoms with E-state index in [2.05, 4.69) is 44.8 Å². The molecular formula is C22H22BrN5O. The summed E-state index contributed by atoms with van der Waals surface area (Å²) >= 11 is 3.49. The molecule has 29 heavy (non-hydrogen) atoms. The minimum atomic E-state index is 0.339. The van der Waals surface area contributed by atoms with Crippen molar-refractivity contribution in [1.82, 2.24) is 24.5 Å². The van der Waals surface area contributed by atoms with E-state index < -0.39 is 0 Å². The number of hydrogen-bond donors (Lipinski definition) is 0. The topological polar surface area (TPSA) is 57.8 Å². The van der Waals surface area contributed by atoms with Crippen LogP contribution in [0.3, 0.4) is 0 Å². The van der Waals surface area contributed by atoms with Crippen molar-refractivity contribution in [2.75, 3.05) is 13.2 Å². The normalized spacial score (nSPS) is 15.2. The van der Waals surface area contributed by atoms with Crippen LogP contribution in [0.2, 0.25) is 0 Å². The standard InChI is InChI=1S/C22H22BrN5O/c1-2-19-18-7-8-20(25-22(18)28(26-19)17-10-13-29-14-11-17)21-9-12-24-27(21)16-5-3-15(23)4-6-16/h3-9,12,17H,2,10-11,13-14H2,1H3. The summed E-state index contributed by atoms with van der Waals surface area (Å²) in [5.74, 6) is 0. The van der Waals surface area contributed by atoms with Crippen LogP contribution in [0, 0.1) is 0 Å². The predicted octanol–water partition coefficient (Wildman–Crippen LogP) is 4.96. The van der Waals surface area contributed by atoms with Crippen molar-refractivity contribution in [1.29, 1.82) is 0 Å². The van der Waals surface area contributed by atoms with Crippen LogP contribution in [0.25, 0.3) is 28.1 Å². The van der Waals surface area contributed by atoms with E-state index in [4.69, 9.17) is 14.8 Å². The molecule has 0 aliphatic carbocycles. The smallest absolute Gasteiger partial charge is 0.159 e. The summed E-state index contributed by atoms with van der Waals surface area (Å²) in [4.78, 5) is 5.05. The fourth-order valence-electron chi connectivity index (χ4n) is 3.95. The molecule has 0 spiro atoms. The van der Waals surface area contributed by atoms with Crippen molar-refractivity contribution in [2.45, 2.75) is 32.2 Å². The molecule has 0 atom stereocenters. The lowest BCUT2D eigenvalue weighted by atomic mass is 10.1. The molecule has 6 nitrogen and oxygen atoms in total. The number of pyridine rings is 1. The molecule has 0 amide bonds. The number of halogens is 1. The van der Waals surface area contributed by atoms with Gasteiger partial charge in [-0.1, -0.05) is 22.9 Å². The van der Waals surface area contributed by atoms with Crippen molar-refractivity contribution < 1.29 is 4.74 Å². The predicted molar refractivity (Wildman–Crippen MR) is 116 cm³/mol. The van der Waals surface area contributed by atoms with Crippen LogP contribution in [0.4, 0.5) is 0 Å². The number of nitrogens with zero attached hydrogens (tertiary/aromatic N) is 5. The van der Waals surface area contributed by atoms with Gasteiger partial charge >= 0.3 is 0 Å². The zero-order valence-corrected chi connectivity index (χ0v) is 17.8. The molecule has 0 bridgehead atoms. The Morgan fingerprint density at radius 1 is 1.07 bits per heavy atom. The average molecular weight is 452 g/mol. The number of hydrogen-bond acceptors (Lipinski definition) is 4. The van der Waals surface area contributed by atoms with Gasteiger partial charge in [-0.05, 0) is 61.7 Å². The summed E-state index contributed by atoms with van der Waals surface area (Å²) in [6.07, 6.45) is 4.66. The molecule has 0 saturated carbocycles. The Morgan fingerprint density at radius 3 is 2.62 bits per heavy atom. The maximum absolute atomic E-state index is 5.55. The Morgan fingerprint density at radius 2 is 1.86 bits per heavy atom. The van der Waals surface area contributed by atoms with Gasteiger partial charge in [0.1, 0.15) is 0 Å². The summed E-state index contributed by atoms with van der Waals surface area (Å²) in [5.41, 5.74) is 4.92. The molecule has 4 aromatic rings. The SMILES string of the molecule is CCc1nn(C2CCOCC2)c2nc(-c3ccnn3-c3ccc(Br)cc3)ccc12. The van der Waals surface area contributed by atoms with Gasteiger partial charge in [0, 0.05) is 23.1 Å². The molecule has 1 fully saturated rings. The Hall–Kier alpha value is -2.51. The number of benzene rings is 1. The van der Waals surface area contributed by atoms with Crippen LogP contribution in [-0.2, 0) is 11.2 Å². The first kappa shape index (κ1) is 18.5. The second-order valence-electron chi connectivity index (χ2n) is 7.26. The van der Waals surface area contributed by atoms with Crippen molar-refractivity contribution in [2.24, 2.45) is 0 Å². The molecule has 148 valence electrons. The summed E-state index contributed by atoms with van der Waals surface area (Å²) in [5, 5.41) is 10.6. The number of fused-ring (bicyclic) bond motifs is 1. The van der Waals surface area contributed by atoms with E-state index in [-0.39, 0.29) is 0 Å². The largest absolute Gasteiger partial charge is 0.381 e. The zero-order chi connectivity index (χ0) is 19.8. The summed E-state index contributed by atoms with van der Waals surface area (Å²) in [7, 11) is 0. The lowest BCUT2D eigenvalue weighted by Gasteiger charge is -2.22. The Balaban J connectivity index is 1.62. The number of aromatic nitrogens is 5. The van der Waals surface area contributed by atoms with Crippen LogP contribution in [0.5, 0.6) is 0 Å². The van der Waals surface area contributed by atoms with Crippen molar-refractivity contribution in [3.63, 3.8) is 0 Å². The van der Waals surface area contributed by atoms with E-state index in [1.54, 1.807) is 0 Å². The molecule has 1 aliphatic rings. The highest BCUT2D eigenvalue weighted by atomic mass is 79.9. The Bertz CT molecular complexity index is 1140. The first-order valence-corrected chi connectivity index (χ1v) is 10.8. The number of rotatable bonds is 4. The summed E-state index contributed by atoms with van der Waals surface area (Å²) in [6, 6.07) is 14.7. The lowest BCUT2D eigenvalue weighted by Crippen LogP contribution is -2.21. The summed E-state index contributed by atoms with van der Waals surface area (Å²) in [6.45, 7) is 3.71. The van der Waals surface area contributed by atoms with Crippen LogP contribution in [-0.4, -0.2) is 37.8 Å². The molecule has 1 saturated heterocycles. The first-order chi connectivity index (χ1) is 14.2. The van der Waals surface area contributed by atoms with E-state index in [0.717, 1.165) is 70.8 Å². The molecule has 4 heterocycles. The number of aryl methyl sites for hydroxylation is 1. The van der Waals surface area contributed by atoms with Crippen LogP contribution in [0.15, 0.2) is 53.1 Å². The highest BCUT2D eigenvalue weighted by Gasteiger charge is 2.22. The van der Waals surface area contributed by atoms with Crippen molar-refractivity contribution >= 4 is 27.0 Å². The van der Waals surface area contributed by atoms with E-state index >= 15 is 0 Å². The molecular weight excluding hydrogens is 430 g/mol. The molecule has 1 aromatic carbocycles. The van der Waals surface area contributed by atoms with Crippen LogP contribution in [0.1, 0.15) is 31.5 Å². The van der Waals surface area contributed by atoms with Crippen LogP contribution >= 0.6 is 15.9 Å². The monoisotopic (exact) mass is 451 g/mol. The molecule has 0 unspecified atom stereocenters. The third-order valence-electron chi connectivity index (χ3n) is 5.48. The van der Waals surface area contributed by atoms with Gasteiger partial charge in [-0.15, -0.1) is 0 Å². The molecule has 0 N–H and O–H groups in total. The molecule has 1 aliphatic heterocycles. The maximum Gasteiger partial charge on any atom is 0.159 e. The third kappa shape index (κ3) is 3.38. The molecule has 5 rings (SSSR count). The van der Waals surface area contributed by atoms with Gasteiger partial charge in [0.15, 0.2) is 5.65 Å². The second kappa shape index (κ2) is 7.72. The fraction of sp³-hybridized carbons (Fsp3) is 0.318.